The molecule has 2 aliphatic rings. The Morgan fingerprint density at radius 2 is 1.43 bits per heavy atom. The third-order valence-corrected chi connectivity index (χ3v) is 5.61. The summed E-state index contributed by atoms with van der Waals surface area (Å²) in [4.78, 5) is 33.8. The van der Waals surface area contributed by atoms with Crippen molar-refractivity contribution in [1.29, 1.82) is 0 Å². The zero-order valence-electron chi connectivity index (χ0n) is 16.0. The SMILES string of the molecule is O=C1[C@@H]2[C@H](ON(c3ccccc3)[C@H]2c2ccc(F)cc2)C(=O)N1Cc1ccccc1. The number of para-hydroxylation sites is 1. The third-order valence-electron chi connectivity index (χ3n) is 5.61. The zero-order valence-corrected chi connectivity index (χ0v) is 16.0. The van der Waals surface area contributed by atoms with E-state index in [1.54, 1.807) is 17.2 Å². The molecule has 2 fully saturated rings. The van der Waals surface area contributed by atoms with Crippen molar-refractivity contribution < 1.29 is 18.8 Å². The molecule has 0 aromatic heterocycles. The molecule has 0 spiro atoms. The van der Waals surface area contributed by atoms with Crippen molar-refractivity contribution in [1.82, 2.24) is 4.90 Å². The lowest BCUT2D eigenvalue weighted by Gasteiger charge is -2.28. The van der Waals surface area contributed by atoms with Crippen LogP contribution in [0.3, 0.4) is 0 Å². The molecule has 3 atom stereocenters. The predicted molar refractivity (Wildman–Crippen MR) is 108 cm³/mol. The molecule has 3 aromatic carbocycles. The first-order valence-corrected chi connectivity index (χ1v) is 9.79. The molecule has 0 unspecified atom stereocenters. The molecule has 5 nitrogen and oxygen atoms in total. The van der Waals surface area contributed by atoms with E-state index >= 15 is 0 Å². The standard InChI is InChI=1S/C24H19FN2O3/c25-18-13-11-17(12-14-18)21-20-22(30-27(21)19-9-5-2-6-10-19)24(29)26(23(20)28)15-16-7-3-1-4-8-16/h1-14,20-22H,15H2/t20-,21-,22-/m0/s1. The molecule has 2 amide bonds. The molecule has 5 rings (SSSR count). The van der Waals surface area contributed by atoms with Crippen LogP contribution in [0, 0.1) is 11.7 Å². The summed E-state index contributed by atoms with van der Waals surface area (Å²) in [5.74, 6) is -1.69. The predicted octanol–water partition coefficient (Wildman–Crippen LogP) is 3.87. The Morgan fingerprint density at radius 3 is 2.10 bits per heavy atom. The number of carbonyl (C=O) groups excluding carboxylic acids is 2. The third kappa shape index (κ3) is 3.06. The summed E-state index contributed by atoms with van der Waals surface area (Å²) >= 11 is 0. The van der Waals surface area contributed by atoms with Gasteiger partial charge in [0.1, 0.15) is 11.7 Å². The number of hydroxylamine groups is 1. The summed E-state index contributed by atoms with van der Waals surface area (Å²) in [6.07, 6.45) is -0.906. The van der Waals surface area contributed by atoms with Crippen molar-refractivity contribution in [3.63, 3.8) is 0 Å². The van der Waals surface area contributed by atoms with E-state index < -0.39 is 18.1 Å². The molecule has 0 saturated carbocycles. The van der Waals surface area contributed by atoms with E-state index in [2.05, 4.69) is 0 Å². The van der Waals surface area contributed by atoms with Gasteiger partial charge in [0.25, 0.3) is 5.91 Å². The smallest absolute Gasteiger partial charge is 0.262 e. The van der Waals surface area contributed by atoms with E-state index in [0.717, 1.165) is 16.8 Å². The Hall–Kier alpha value is -3.51. The lowest BCUT2D eigenvalue weighted by molar-refractivity contribution is -0.143. The molecule has 3 aromatic rings. The molecule has 0 N–H and O–H groups in total. The second kappa shape index (κ2) is 7.39. The van der Waals surface area contributed by atoms with Crippen molar-refractivity contribution in [2.24, 2.45) is 5.92 Å². The highest BCUT2D eigenvalue weighted by molar-refractivity contribution is 6.07. The van der Waals surface area contributed by atoms with Crippen LogP contribution in [0.15, 0.2) is 84.9 Å². The number of hydrogen-bond acceptors (Lipinski definition) is 4. The number of hydrogen-bond donors (Lipinski definition) is 0. The topological polar surface area (TPSA) is 49.9 Å². The number of rotatable bonds is 4. The van der Waals surface area contributed by atoms with Crippen LogP contribution in [0.25, 0.3) is 0 Å². The van der Waals surface area contributed by atoms with Crippen LogP contribution in [0.5, 0.6) is 0 Å². The number of likely N-dealkylation sites (tertiary alicyclic amines) is 1. The van der Waals surface area contributed by atoms with E-state index in [9.17, 15) is 14.0 Å². The summed E-state index contributed by atoms with van der Waals surface area (Å²) in [5.41, 5.74) is 2.32. The molecule has 0 radical (unpaired) electrons. The van der Waals surface area contributed by atoms with Gasteiger partial charge in [0.2, 0.25) is 5.91 Å². The molecule has 2 saturated heterocycles. The molecule has 2 heterocycles. The van der Waals surface area contributed by atoms with Crippen LogP contribution in [-0.2, 0) is 21.0 Å². The molecule has 2 aliphatic heterocycles. The van der Waals surface area contributed by atoms with Gasteiger partial charge < -0.3 is 0 Å². The first-order chi connectivity index (χ1) is 14.6. The van der Waals surface area contributed by atoms with Crippen molar-refractivity contribution in [2.75, 3.05) is 5.06 Å². The Morgan fingerprint density at radius 1 is 0.800 bits per heavy atom. The van der Waals surface area contributed by atoms with E-state index in [0.29, 0.717) is 0 Å². The average Bonchev–Trinajstić information content (AvgIpc) is 3.28. The Labute approximate surface area is 173 Å². The fourth-order valence-corrected chi connectivity index (χ4v) is 4.19. The number of nitrogens with zero attached hydrogens (tertiary/aromatic N) is 2. The maximum absolute atomic E-state index is 13.5. The van der Waals surface area contributed by atoms with Gasteiger partial charge in [-0.2, -0.15) is 0 Å². The Bertz CT molecular complexity index is 1070. The number of fused-ring (bicyclic) bond motifs is 1. The number of imide groups is 1. The van der Waals surface area contributed by atoms with Gasteiger partial charge in [0.05, 0.1) is 18.3 Å². The number of carbonyl (C=O) groups is 2. The summed E-state index contributed by atoms with van der Waals surface area (Å²) < 4.78 is 13.5. The van der Waals surface area contributed by atoms with E-state index in [1.165, 1.54) is 17.0 Å². The van der Waals surface area contributed by atoms with Gasteiger partial charge in [-0.25, -0.2) is 9.45 Å². The summed E-state index contributed by atoms with van der Waals surface area (Å²) in [5, 5.41) is 1.61. The number of anilines is 1. The molecule has 6 heteroatoms. The Kier molecular flexibility index (Phi) is 4.56. The fraction of sp³-hybridized carbons (Fsp3) is 0.167. The zero-order chi connectivity index (χ0) is 20.7. The summed E-state index contributed by atoms with van der Waals surface area (Å²) in [6.45, 7) is 0.205. The highest BCUT2D eigenvalue weighted by Gasteiger charge is 2.59. The molecule has 0 bridgehead atoms. The highest BCUT2D eigenvalue weighted by atomic mass is 19.1. The van der Waals surface area contributed by atoms with Gasteiger partial charge in [0, 0.05) is 0 Å². The quantitative estimate of drug-likeness (QED) is 0.622. The van der Waals surface area contributed by atoms with E-state index in [-0.39, 0.29) is 24.2 Å². The van der Waals surface area contributed by atoms with Gasteiger partial charge in [-0.3, -0.25) is 19.3 Å². The summed E-state index contributed by atoms with van der Waals surface area (Å²) in [6, 6.07) is 24.2. The molecular weight excluding hydrogens is 383 g/mol. The van der Waals surface area contributed by atoms with Gasteiger partial charge in [-0.15, -0.1) is 0 Å². The summed E-state index contributed by atoms with van der Waals surface area (Å²) in [7, 11) is 0. The maximum Gasteiger partial charge on any atom is 0.262 e. The van der Waals surface area contributed by atoms with Crippen molar-refractivity contribution >= 4 is 17.5 Å². The monoisotopic (exact) mass is 402 g/mol. The number of halogens is 1. The first-order valence-electron chi connectivity index (χ1n) is 9.79. The minimum atomic E-state index is -0.906. The van der Waals surface area contributed by atoms with E-state index in [4.69, 9.17) is 4.84 Å². The largest absolute Gasteiger partial charge is 0.275 e. The lowest BCUT2D eigenvalue weighted by atomic mass is 9.90. The fourth-order valence-electron chi connectivity index (χ4n) is 4.19. The van der Waals surface area contributed by atoms with Crippen molar-refractivity contribution in [2.45, 2.75) is 18.7 Å². The Balaban J connectivity index is 1.52. The second-order valence-electron chi connectivity index (χ2n) is 7.46. The van der Waals surface area contributed by atoms with Gasteiger partial charge >= 0.3 is 0 Å². The van der Waals surface area contributed by atoms with Crippen LogP contribution in [0.1, 0.15) is 17.2 Å². The molecule has 30 heavy (non-hydrogen) atoms. The van der Waals surface area contributed by atoms with Crippen LogP contribution in [-0.4, -0.2) is 22.8 Å². The lowest BCUT2D eigenvalue weighted by Crippen LogP contribution is -2.36. The number of benzene rings is 3. The maximum atomic E-state index is 13.5. The van der Waals surface area contributed by atoms with E-state index in [1.807, 2.05) is 60.7 Å². The minimum Gasteiger partial charge on any atom is -0.275 e. The van der Waals surface area contributed by atoms with Gasteiger partial charge in [-0.05, 0) is 35.4 Å². The van der Waals surface area contributed by atoms with Gasteiger partial charge in [0.15, 0.2) is 6.10 Å². The molecular formula is C24H19FN2O3. The second-order valence-corrected chi connectivity index (χ2v) is 7.46. The normalized spacial score (nSPS) is 23.2. The van der Waals surface area contributed by atoms with Crippen molar-refractivity contribution in [3.05, 3.63) is 102 Å². The van der Waals surface area contributed by atoms with Crippen molar-refractivity contribution in [3.8, 4) is 0 Å². The molecule has 0 aliphatic carbocycles. The molecule has 150 valence electrons. The minimum absolute atomic E-state index is 0.205. The number of amides is 2. The van der Waals surface area contributed by atoms with Crippen LogP contribution >= 0.6 is 0 Å². The first kappa shape index (κ1) is 18.5. The van der Waals surface area contributed by atoms with Crippen LogP contribution < -0.4 is 5.06 Å². The van der Waals surface area contributed by atoms with Crippen LogP contribution in [0.4, 0.5) is 10.1 Å². The van der Waals surface area contributed by atoms with Gasteiger partial charge in [-0.1, -0.05) is 60.7 Å². The van der Waals surface area contributed by atoms with Crippen LogP contribution in [0.2, 0.25) is 0 Å². The highest BCUT2D eigenvalue weighted by Crippen LogP contribution is 2.46. The average molecular weight is 402 g/mol.